The largest absolute Gasteiger partial charge is 0.311 e. The van der Waals surface area contributed by atoms with Gasteiger partial charge in [0.2, 0.25) is 0 Å². The highest BCUT2D eigenvalue weighted by Gasteiger charge is 2.47. The highest BCUT2D eigenvalue weighted by Crippen LogP contribution is 2.52. The normalized spacial score (nSPS) is 15.9. The number of fused-ring (bicyclic) bond motifs is 6. The third kappa shape index (κ3) is 7.32. The van der Waals surface area contributed by atoms with E-state index in [0.29, 0.717) is 0 Å². The van der Waals surface area contributed by atoms with Gasteiger partial charge in [-0.2, -0.15) is 0 Å². The predicted molar refractivity (Wildman–Crippen MR) is 296 cm³/mol. The minimum absolute atomic E-state index is 0.0230. The van der Waals surface area contributed by atoms with Crippen molar-refractivity contribution in [3.63, 3.8) is 0 Å². The van der Waals surface area contributed by atoms with Crippen LogP contribution in [0.5, 0.6) is 0 Å². The van der Waals surface area contributed by atoms with Crippen LogP contribution in [0, 0.1) is 31.6 Å². The van der Waals surface area contributed by atoms with Gasteiger partial charge >= 0.3 is 0 Å². The van der Waals surface area contributed by atoms with Gasteiger partial charge in [-0.3, -0.25) is 0 Å². The molecule has 0 unspecified atom stereocenters. The zero-order valence-corrected chi connectivity index (χ0v) is 42.3. The molecule has 69 heavy (non-hydrogen) atoms. The summed E-state index contributed by atoms with van der Waals surface area (Å²) in [6, 6.07) is 61.2. The number of nitrogens with zero attached hydrogens (tertiary/aromatic N) is 3. The average Bonchev–Trinajstić information content (AvgIpc) is 3.80. The van der Waals surface area contributed by atoms with Crippen molar-refractivity contribution in [2.75, 3.05) is 14.7 Å². The van der Waals surface area contributed by atoms with Crippen molar-refractivity contribution in [2.24, 2.45) is 10.8 Å². The molecule has 0 radical (unpaired) electrons. The Labute approximate surface area is 411 Å². The maximum atomic E-state index is 2.69. The van der Waals surface area contributed by atoms with E-state index in [9.17, 15) is 0 Å². The summed E-state index contributed by atoms with van der Waals surface area (Å²) in [6.45, 7) is 23.5. The molecule has 3 nitrogen and oxygen atoms in total. The zero-order valence-electron chi connectivity index (χ0n) is 42.3. The summed E-state index contributed by atoms with van der Waals surface area (Å²) >= 11 is 0. The van der Waals surface area contributed by atoms with E-state index in [-0.39, 0.29) is 23.0 Å². The second-order valence-electron chi connectivity index (χ2n) is 23.5. The minimum atomic E-state index is -0.0341. The minimum Gasteiger partial charge on any atom is -0.311 e. The molecule has 0 spiro atoms. The van der Waals surface area contributed by atoms with Crippen molar-refractivity contribution in [2.45, 2.75) is 100 Å². The molecule has 8 aromatic carbocycles. The van der Waals surface area contributed by atoms with Crippen molar-refractivity contribution >= 4 is 74.3 Å². The number of rotatable bonds is 6. The Hall–Kier alpha value is -6.78. The molecule has 8 aromatic rings. The van der Waals surface area contributed by atoms with Crippen LogP contribution in [0.1, 0.15) is 93.0 Å². The lowest BCUT2D eigenvalue weighted by Crippen LogP contribution is -2.61. The van der Waals surface area contributed by atoms with Crippen LogP contribution in [0.3, 0.4) is 0 Å². The fraction of sp³-hybridized carbons (Fsp3) is 0.262. The Balaban J connectivity index is 1.24. The van der Waals surface area contributed by atoms with E-state index in [4.69, 9.17) is 0 Å². The second kappa shape index (κ2) is 15.6. The van der Waals surface area contributed by atoms with Crippen LogP contribution in [0.4, 0.5) is 51.2 Å². The standard InChI is InChI=1S/C65H64BN3/c1-41-20-25-50(26-21-41)67(51-27-22-42(2)23-28-51)52-35-60-62-61(36-52)69(57-29-24-49(63(4,5)6)34-53(57)44-17-12-11-13-18-44)59-33-48-40-65(9,10)38-46(48)31-55(59)66(62)54-30-45-37-64(7,8)39-47(45)32-58(54)68(60)56-19-15-14-16-43(56)3/h11-36H,37-40H2,1-10H3. The molecule has 4 heteroatoms. The van der Waals surface area contributed by atoms with E-state index in [1.807, 2.05) is 0 Å². The smallest absolute Gasteiger partial charge is 0.252 e. The summed E-state index contributed by atoms with van der Waals surface area (Å²) < 4.78 is 0. The molecular weight excluding hydrogens is 834 g/mol. The van der Waals surface area contributed by atoms with E-state index in [2.05, 4.69) is 242 Å². The summed E-state index contributed by atoms with van der Waals surface area (Å²) in [5, 5.41) is 0. The van der Waals surface area contributed by atoms with Gasteiger partial charge in [0, 0.05) is 45.4 Å². The van der Waals surface area contributed by atoms with E-state index in [0.717, 1.165) is 42.7 Å². The first-order chi connectivity index (χ1) is 33.0. The van der Waals surface area contributed by atoms with Crippen LogP contribution in [0.25, 0.3) is 11.1 Å². The third-order valence-electron chi connectivity index (χ3n) is 15.8. The number of hydrogen-bond donors (Lipinski definition) is 0. The highest BCUT2D eigenvalue weighted by molar-refractivity contribution is 7.00. The number of anilines is 9. The molecule has 0 amide bonds. The molecule has 0 bridgehead atoms. The molecule has 0 saturated carbocycles. The number of benzene rings is 8. The topological polar surface area (TPSA) is 9.72 Å². The maximum absolute atomic E-state index is 2.69. The molecule has 342 valence electrons. The van der Waals surface area contributed by atoms with Gasteiger partial charge < -0.3 is 14.7 Å². The molecule has 12 rings (SSSR count). The quantitative estimate of drug-likeness (QED) is 0.154. The highest BCUT2D eigenvalue weighted by atomic mass is 15.2. The van der Waals surface area contributed by atoms with Crippen LogP contribution < -0.4 is 31.1 Å². The Morgan fingerprint density at radius 3 is 1.43 bits per heavy atom. The van der Waals surface area contributed by atoms with Crippen LogP contribution in [0.2, 0.25) is 0 Å². The van der Waals surface area contributed by atoms with Gasteiger partial charge in [-0.25, -0.2) is 0 Å². The van der Waals surface area contributed by atoms with Crippen molar-refractivity contribution < 1.29 is 0 Å². The number of para-hydroxylation sites is 1. The van der Waals surface area contributed by atoms with E-state index >= 15 is 0 Å². The zero-order chi connectivity index (χ0) is 47.7. The average molecular weight is 898 g/mol. The van der Waals surface area contributed by atoms with Crippen LogP contribution in [-0.4, -0.2) is 6.71 Å². The van der Waals surface area contributed by atoms with Gasteiger partial charge in [-0.15, -0.1) is 0 Å². The predicted octanol–water partition coefficient (Wildman–Crippen LogP) is 15.4. The number of hydrogen-bond acceptors (Lipinski definition) is 3. The summed E-state index contributed by atoms with van der Waals surface area (Å²) in [6.07, 6.45) is 4.31. The molecule has 0 fully saturated rings. The monoisotopic (exact) mass is 898 g/mol. The second-order valence-corrected chi connectivity index (χ2v) is 23.5. The SMILES string of the molecule is Cc1ccc(N(c2ccc(C)cc2)c2cc3c4c(c2)N(c2ccc(C(C)(C)C)cc2-c2ccccc2)c2cc5c(cc2B4c2cc4c(cc2N3c2ccccc2C)CC(C)(C)C4)CC(C)(C)C5)cc1. The summed E-state index contributed by atoms with van der Waals surface area (Å²) in [7, 11) is 0. The van der Waals surface area contributed by atoms with E-state index < -0.39 is 0 Å². The molecule has 4 aliphatic rings. The van der Waals surface area contributed by atoms with Crippen molar-refractivity contribution in [3.05, 3.63) is 202 Å². The lowest BCUT2D eigenvalue weighted by Gasteiger charge is -2.46. The first kappa shape index (κ1) is 43.5. The summed E-state index contributed by atoms with van der Waals surface area (Å²) in [4.78, 5) is 7.83. The van der Waals surface area contributed by atoms with Crippen molar-refractivity contribution in [1.29, 1.82) is 0 Å². The first-order valence-corrected chi connectivity index (χ1v) is 25.3. The summed E-state index contributed by atoms with van der Waals surface area (Å²) in [5.41, 5.74) is 28.9. The van der Waals surface area contributed by atoms with Gasteiger partial charge in [0.25, 0.3) is 6.71 Å². The Morgan fingerprint density at radius 1 is 0.449 bits per heavy atom. The van der Waals surface area contributed by atoms with Gasteiger partial charge in [0.1, 0.15) is 0 Å². The molecule has 0 atom stereocenters. The first-order valence-electron chi connectivity index (χ1n) is 25.3. The molecular formula is C65H64BN3. The van der Waals surface area contributed by atoms with Crippen molar-refractivity contribution in [3.8, 4) is 11.1 Å². The van der Waals surface area contributed by atoms with Gasteiger partial charge in [-0.1, -0.05) is 151 Å². The molecule has 2 aliphatic carbocycles. The maximum Gasteiger partial charge on any atom is 0.252 e. The van der Waals surface area contributed by atoms with Gasteiger partial charge in [0.15, 0.2) is 0 Å². The van der Waals surface area contributed by atoms with Gasteiger partial charge in [0.05, 0.1) is 11.4 Å². The summed E-state index contributed by atoms with van der Waals surface area (Å²) in [5.74, 6) is 0. The van der Waals surface area contributed by atoms with Crippen LogP contribution in [0.15, 0.2) is 158 Å². The Morgan fingerprint density at radius 2 is 0.928 bits per heavy atom. The van der Waals surface area contributed by atoms with Crippen LogP contribution >= 0.6 is 0 Å². The molecule has 2 heterocycles. The van der Waals surface area contributed by atoms with E-state index in [1.54, 1.807) is 0 Å². The number of aryl methyl sites for hydroxylation is 3. The lowest BCUT2D eigenvalue weighted by atomic mass is 9.33. The fourth-order valence-electron chi connectivity index (χ4n) is 12.4. The Kier molecular flexibility index (Phi) is 9.85. The molecule has 0 aromatic heterocycles. The fourth-order valence-corrected chi connectivity index (χ4v) is 12.4. The van der Waals surface area contributed by atoms with E-state index in [1.165, 1.54) is 106 Å². The van der Waals surface area contributed by atoms with Crippen LogP contribution in [-0.2, 0) is 31.1 Å². The van der Waals surface area contributed by atoms with Crippen molar-refractivity contribution in [1.82, 2.24) is 0 Å². The van der Waals surface area contributed by atoms with Gasteiger partial charge in [-0.05, 0) is 185 Å². The molecule has 2 aliphatic heterocycles. The lowest BCUT2D eigenvalue weighted by molar-refractivity contribution is 0.392. The molecule has 0 N–H and O–H groups in total. The Bertz CT molecular complexity index is 3310. The molecule has 0 saturated heterocycles. The third-order valence-corrected chi connectivity index (χ3v) is 15.8.